The maximum Gasteiger partial charge on any atom is 0.255 e. The molecule has 24 heavy (non-hydrogen) atoms. The van der Waals surface area contributed by atoms with E-state index < -0.39 is 0 Å². The van der Waals surface area contributed by atoms with E-state index in [4.69, 9.17) is 4.74 Å². The van der Waals surface area contributed by atoms with E-state index in [0.29, 0.717) is 17.1 Å². The number of pyridine rings is 1. The van der Waals surface area contributed by atoms with E-state index in [-0.39, 0.29) is 5.91 Å². The monoisotopic (exact) mass is 341 g/mol. The number of H-pyrrole nitrogens is 1. The lowest BCUT2D eigenvalue weighted by Gasteiger charge is -2.06. The smallest absolute Gasteiger partial charge is 0.255 e. The van der Waals surface area contributed by atoms with Gasteiger partial charge >= 0.3 is 0 Å². The number of carbonyl (C=O) groups excluding carboxylic acids is 1. The highest BCUT2D eigenvalue weighted by Gasteiger charge is 2.07. The number of thioether (sulfide) groups is 1. The molecule has 7 nitrogen and oxygen atoms in total. The van der Waals surface area contributed by atoms with Crippen molar-refractivity contribution in [2.45, 2.75) is 10.9 Å². The van der Waals surface area contributed by atoms with Crippen LogP contribution < -0.4 is 10.1 Å². The molecule has 8 heteroatoms. The fourth-order valence-corrected chi connectivity index (χ4v) is 2.68. The second-order valence-corrected chi connectivity index (χ2v) is 5.78. The standard InChI is InChI=1S/C16H15N5O2S/c1-23-14-7-6-13(8-17-14)20-15(22)12-4-2-11(3-5-12)9-24-16-18-10-19-21-16/h2-8,10H,9H2,1H3,(H,20,22)(H,18,19,21). The first-order chi connectivity index (χ1) is 11.7. The molecule has 0 saturated carbocycles. The first-order valence-corrected chi connectivity index (χ1v) is 8.11. The van der Waals surface area contributed by atoms with Gasteiger partial charge in [0.15, 0.2) is 5.16 Å². The van der Waals surface area contributed by atoms with Crippen LogP contribution in [0, 0.1) is 0 Å². The second-order valence-electron chi connectivity index (χ2n) is 4.82. The van der Waals surface area contributed by atoms with Crippen LogP contribution in [-0.4, -0.2) is 33.2 Å². The van der Waals surface area contributed by atoms with Gasteiger partial charge in [-0.15, -0.1) is 0 Å². The number of rotatable bonds is 6. The highest BCUT2D eigenvalue weighted by Crippen LogP contribution is 2.19. The molecule has 0 bridgehead atoms. The molecule has 0 saturated heterocycles. The van der Waals surface area contributed by atoms with E-state index in [2.05, 4.69) is 25.5 Å². The first kappa shape index (κ1) is 16.0. The molecule has 0 spiro atoms. The summed E-state index contributed by atoms with van der Waals surface area (Å²) in [5.41, 5.74) is 2.30. The number of aromatic amines is 1. The number of nitrogens with one attached hydrogen (secondary N) is 2. The number of hydrogen-bond acceptors (Lipinski definition) is 6. The normalized spacial score (nSPS) is 10.4. The van der Waals surface area contributed by atoms with Crippen molar-refractivity contribution in [2.24, 2.45) is 0 Å². The zero-order valence-electron chi connectivity index (χ0n) is 12.9. The van der Waals surface area contributed by atoms with Gasteiger partial charge in [-0.1, -0.05) is 23.9 Å². The van der Waals surface area contributed by atoms with Gasteiger partial charge in [0.1, 0.15) is 6.33 Å². The van der Waals surface area contributed by atoms with Crippen LogP contribution in [0.4, 0.5) is 5.69 Å². The zero-order valence-corrected chi connectivity index (χ0v) is 13.7. The summed E-state index contributed by atoms with van der Waals surface area (Å²) in [7, 11) is 1.54. The second kappa shape index (κ2) is 7.60. The number of amides is 1. The number of carbonyl (C=O) groups is 1. The Balaban J connectivity index is 1.58. The number of anilines is 1. The van der Waals surface area contributed by atoms with E-state index in [1.807, 2.05) is 12.1 Å². The molecular weight excluding hydrogens is 326 g/mol. The molecule has 1 aromatic carbocycles. The van der Waals surface area contributed by atoms with E-state index in [0.717, 1.165) is 16.5 Å². The maximum absolute atomic E-state index is 12.2. The van der Waals surface area contributed by atoms with Crippen LogP contribution in [-0.2, 0) is 5.75 Å². The molecule has 0 aliphatic rings. The third-order valence-electron chi connectivity index (χ3n) is 3.19. The summed E-state index contributed by atoms with van der Waals surface area (Å²) >= 11 is 1.55. The number of hydrogen-bond donors (Lipinski definition) is 2. The highest BCUT2D eigenvalue weighted by molar-refractivity contribution is 7.98. The van der Waals surface area contributed by atoms with Crippen molar-refractivity contribution in [1.29, 1.82) is 0 Å². The van der Waals surface area contributed by atoms with Crippen molar-refractivity contribution < 1.29 is 9.53 Å². The third-order valence-corrected chi connectivity index (χ3v) is 4.14. The van der Waals surface area contributed by atoms with Crippen molar-refractivity contribution in [3.63, 3.8) is 0 Å². The maximum atomic E-state index is 12.2. The van der Waals surface area contributed by atoms with E-state index in [9.17, 15) is 4.79 Å². The van der Waals surface area contributed by atoms with Gasteiger partial charge in [0.2, 0.25) is 5.88 Å². The highest BCUT2D eigenvalue weighted by atomic mass is 32.2. The Bertz CT molecular complexity index is 788. The lowest BCUT2D eigenvalue weighted by atomic mass is 10.1. The lowest BCUT2D eigenvalue weighted by Crippen LogP contribution is -2.12. The largest absolute Gasteiger partial charge is 0.481 e. The SMILES string of the molecule is COc1ccc(NC(=O)c2ccc(CSc3ncn[nH]3)cc2)cn1. The minimum Gasteiger partial charge on any atom is -0.481 e. The Morgan fingerprint density at radius 1 is 1.21 bits per heavy atom. The molecule has 1 amide bonds. The molecule has 122 valence electrons. The summed E-state index contributed by atoms with van der Waals surface area (Å²) in [5.74, 6) is 1.07. The molecule has 3 rings (SSSR count). The van der Waals surface area contributed by atoms with Crippen LogP contribution in [0.15, 0.2) is 54.1 Å². The lowest BCUT2D eigenvalue weighted by molar-refractivity contribution is 0.102. The van der Waals surface area contributed by atoms with Gasteiger partial charge in [0.05, 0.1) is 19.0 Å². The molecule has 0 aliphatic heterocycles. The predicted octanol–water partition coefficient (Wildman–Crippen LogP) is 2.75. The molecule has 0 aliphatic carbocycles. The molecule has 0 unspecified atom stereocenters. The van der Waals surface area contributed by atoms with Crippen molar-refractivity contribution in [1.82, 2.24) is 20.2 Å². The summed E-state index contributed by atoms with van der Waals surface area (Å²) < 4.78 is 4.99. The van der Waals surface area contributed by atoms with Gasteiger partial charge in [-0.25, -0.2) is 9.97 Å². The molecular formula is C16H15N5O2S. The van der Waals surface area contributed by atoms with Gasteiger partial charge < -0.3 is 10.1 Å². The minimum absolute atomic E-state index is 0.184. The Labute approximate surface area is 142 Å². The van der Waals surface area contributed by atoms with Crippen LogP contribution >= 0.6 is 11.8 Å². The topological polar surface area (TPSA) is 92.8 Å². The van der Waals surface area contributed by atoms with E-state index >= 15 is 0 Å². The molecule has 2 heterocycles. The van der Waals surface area contributed by atoms with Crippen LogP contribution in [0.1, 0.15) is 15.9 Å². The van der Waals surface area contributed by atoms with Gasteiger partial charge in [-0.3, -0.25) is 9.89 Å². The van der Waals surface area contributed by atoms with Gasteiger partial charge in [-0.2, -0.15) is 5.10 Å². The van der Waals surface area contributed by atoms with Crippen molar-refractivity contribution >= 4 is 23.4 Å². The predicted molar refractivity (Wildman–Crippen MR) is 91.1 cm³/mol. The minimum atomic E-state index is -0.184. The van der Waals surface area contributed by atoms with E-state index in [1.54, 1.807) is 49.3 Å². The molecule has 0 atom stereocenters. The number of methoxy groups -OCH3 is 1. The molecule has 0 radical (unpaired) electrons. The van der Waals surface area contributed by atoms with Crippen molar-refractivity contribution in [3.8, 4) is 5.88 Å². The quantitative estimate of drug-likeness (QED) is 0.670. The summed E-state index contributed by atoms with van der Waals surface area (Å²) in [4.78, 5) is 20.3. The Morgan fingerprint density at radius 2 is 2.04 bits per heavy atom. The van der Waals surface area contributed by atoms with Crippen molar-refractivity contribution in [3.05, 3.63) is 60.0 Å². The fraction of sp³-hybridized carbons (Fsp3) is 0.125. The van der Waals surface area contributed by atoms with Crippen LogP contribution in [0.25, 0.3) is 0 Å². The summed E-state index contributed by atoms with van der Waals surface area (Å²) in [6.45, 7) is 0. The number of nitrogens with zero attached hydrogens (tertiary/aromatic N) is 3. The van der Waals surface area contributed by atoms with Gasteiger partial charge in [0, 0.05) is 17.4 Å². The molecule has 3 aromatic rings. The number of benzene rings is 1. The van der Waals surface area contributed by atoms with E-state index in [1.165, 1.54) is 6.33 Å². The summed E-state index contributed by atoms with van der Waals surface area (Å²) in [6, 6.07) is 10.9. The Hall–Kier alpha value is -2.87. The average Bonchev–Trinajstić information content (AvgIpc) is 3.14. The average molecular weight is 341 g/mol. The third kappa shape index (κ3) is 4.11. The first-order valence-electron chi connectivity index (χ1n) is 7.13. The summed E-state index contributed by atoms with van der Waals surface area (Å²) in [6.07, 6.45) is 3.03. The van der Waals surface area contributed by atoms with Crippen LogP contribution in [0.5, 0.6) is 5.88 Å². The Morgan fingerprint density at radius 3 is 2.67 bits per heavy atom. The van der Waals surface area contributed by atoms with Gasteiger partial charge in [-0.05, 0) is 23.8 Å². The molecule has 2 aromatic heterocycles. The van der Waals surface area contributed by atoms with Crippen molar-refractivity contribution in [2.75, 3.05) is 12.4 Å². The van der Waals surface area contributed by atoms with Crippen LogP contribution in [0.3, 0.4) is 0 Å². The molecule has 0 fully saturated rings. The molecule has 2 N–H and O–H groups in total. The fourth-order valence-electron chi connectivity index (χ4n) is 1.95. The van der Waals surface area contributed by atoms with Gasteiger partial charge in [0.25, 0.3) is 5.91 Å². The Kier molecular flexibility index (Phi) is 5.07. The summed E-state index contributed by atoms with van der Waals surface area (Å²) in [5, 5.41) is 10.2. The number of ether oxygens (including phenoxy) is 1. The number of aromatic nitrogens is 4. The zero-order chi connectivity index (χ0) is 16.8. The van der Waals surface area contributed by atoms with Crippen LogP contribution in [0.2, 0.25) is 0 Å².